The fourth-order valence-electron chi connectivity index (χ4n) is 1.68. The van der Waals surface area contributed by atoms with Gasteiger partial charge in [-0.2, -0.15) is 0 Å². The van der Waals surface area contributed by atoms with Crippen molar-refractivity contribution < 1.29 is 24.1 Å². The van der Waals surface area contributed by atoms with Gasteiger partial charge in [0.05, 0.1) is 19.3 Å². The van der Waals surface area contributed by atoms with E-state index in [9.17, 15) is 9.90 Å². The molecular weight excluding hydrogens is 296 g/mol. The van der Waals surface area contributed by atoms with E-state index in [0.717, 1.165) is 12.8 Å². The summed E-state index contributed by atoms with van der Waals surface area (Å²) in [6.07, 6.45) is 1.85. The maximum absolute atomic E-state index is 11.1. The minimum Gasteiger partial charge on any atom is -0.493 e. The summed E-state index contributed by atoms with van der Waals surface area (Å²) in [5.74, 6) is 0.619. The number of aliphatic hydroxyl groups is 1. The number of ether oxygens (including phenoxy) is 3. The molecule has 0 aliphatic rings. The van der Waals surface area contributed by atoms with Crippen LogP contribution in [-0.2, 0) is 4.74 Å². The quantitative estimate of drug-likeness (QED) is 0.531. The number of hydrogen-bond donors (Lipinski definition) is 1. The van der Waals surface area contributed by atoms with Crippen molar-refractivity contribution in [2.24, 2.45) is 0 Å². The minimum absolute atomic E-state index is 0.00492. The molecule has 1 rings (SSSR count). The van der Waals surface area contributed by atoms with E-state index in [2.05, 4.69) is 6.92 Å². The molecule has 1 unspecified atom stereocenters. The molecule has 21 heavy (non-hydrogen) atoms. The van der Waals surface area contributed by atoms with Crippen LogP contribution in [0.25, 0.3) is 0 Å². The monoisotopic (exact) mass is 316 g/mol. The minimum atomic E-state index is -0.776. The van der Waals surface area contributed by atoms with E-state index < -0.39 is 6.10 Å². The molecule has 0 bridgehead atoms. The highest BCUT2D eigenvalue weighted by molar-refractivity contribution is 6.31. The van der Waals surface area contributed by atoms with Crippen molar-refractivity contribution in [3.8, 4) is 11.5 Å². The van der Waals surface area contributed by atoms with E-state index in [1.807, 2.05) is 0 Å². The van der Waals surface area contributed by atoms with Crippen molar-refractivity contribution in [1.29, 1.82) is 0 Å². The van der Waals surface area contributed by atoms with Gasteiger partial charge in [0.1, 0.15) is 12.7 Å². The molecule has 0 spiro atoms. The number of aldehydes is 1. The van der Waals surface area contributed by atoms with Crippen molar-refractivity contribution in [3.63, 3.8) is 0 Å². The van der Waals surface area contributed by atoms with Gasteiger partial charge in [-0.05, 0) is 12.5 Å². The lowest BCUT2D eigenvalue weighted by Crippen LogP contribution is -2.24. The van der Waals surface area contributed by atoms with Gasteiger partial charge in [-0.3, -0.25) is 4.79 Å². The van der Waals surface area contributed by atoms with Crippen LogP contribution < -0.4 is 9.47 Å². The second-order valence-corrected chi connectivity index (χ2v) is 4.97. The number of benzene rings is 1. The summed E-state index contributed by atoms with van der Waals surface area (Å²) in [5.41, 5.74) is 0.276. The highest BCUT2D eigenvalue weighted by atomic mass is 35.5. The molecule has 0 saturated carbocycles. The lowest BCUT2D eigenvalue weighted by Gasteiger charge is -2.16. The van der Waals surface area contributed by atoms with E-state index in [1.54, 1.807) is 6.07 Å². The van der Waals surface area contributed by atoms with Crippen molar-refractivity contribution in [3.05, 3.63) is 22.7 Å². The van der Waals surface area contributed by atoms with Crippen LogP contribution in [0.4, 0.5) is 0 Å². The summed E-state index contributed by atoms with van der Waals surface area (Å²) in [6, 6.07) is 3.03. The summed E-state index contributed by atoms with van der Waals surface area (Å²) in [7, 11) is 1.46. The summed E-state index contributed by atoms with van der Waals surface area (Å²) < 4.78 is 15.9. The predicted octanol–water partition coefficient (Wildman–Crippen LogP) is 2.72. The van der Waals surface area contributed by atoms with Crippen molar-refractivity contribution in [2.45, 2.75) is 25.9 Å². The van der Waals surface area contributed by atoms with E-state index in [1.165, 1.54) is 13.2 Å². The van der Waals surface area contributed by atoms with Crippen molar-refractivity contribution in [1.82, 2.24) is 0 Å². The fourth-order valence-corrected chi connectivity index (χ4v) is 1.89. The number of carbonyl (C=O) groups excluding carboxylic acids is 1. The third-order valence-corrected chi connectivity index (χ3v) is 2.99. The SMILES string of the molecule is CCCCOCC(O)COc1c(C=O)cc(Cl)cc1OC. The first-order valence-electron chi connectivity index (χ1n) is 6.83. The molecule has 0 saturated heterocycles. The average Bonchev–Trinajstić information content (AvgIpc) is 2.49. The number of halogens is 1. The van der Waals surface area contributed by atoms with Gasteiger partial charge in [-0.25, -0.2) is 0 Å². The zero-order valence-corrected chi connectivity index (χ0v) is 13.1. The van der Waals surface area contributed by atoms with Gasteiger partial charge in [0, 0.05) is 17.7 Å². The van der Waals surface area contributed by atoms with Gasteiger partial charge < -0.3 is 19.3 Å². The first-order chi connectivity index (χ1) is 10.1. The Morgan fingerprint density at radius 2 is 2.14 bits per heavy atom. The second-order valence-electron chi connectivity index (χ2n) is 4.54. The molecule has 0 amide bonds. The third kappa shape index (κ3) is 5.91. The molecule has 0 aliphatic carbocycles. The first kappa shape index (κ1) is 17.8. The Morgan fingerprint density at radius 1 is 1.38 bits per heavy atom. The van der Waals surface area contributed by atoms with E-state index in [4.69, 9.17) is 25.8 Å². The number of rotatable bonds is 10. The lowest BCUT2D eigenvalue weighted by molar-refractivity contribution is 0.0107. The number of methoxy groups -OCH3 is 1. The molecule has 0 fully saturated rings. The topological polar surface area (TPSA) is 65.0 Å². The zero-order chi connectivity index (χ0) is 15.7. The Bertz CT molecular complexity index is 450. The number of unbranched alkanes of at least 4 members (excludes halogenated alkanes) is 1. The van der Waals surface area contributed by atoms with Gasteiger partial charge in [-0.1, -0.05) is 24.9 Å². The van der Waals surface area contributed by atoms with Crippen LogP contribution in [0.5, 0.6) is 11.5 Å². The van der Waals surface area contributed by atoms with Gasteiger partial charge >= 0.3 is 0 Å². The summed E-state index contributed by atoms with van der Waals surface area (Å²) >= 11 is 5.88. The lowest BCUT2D eigenvalue weighted by atomic mass is 10.2. The highest BCUT2D eigenvalue weighted by Crippen LogP contribution is 2.33. The normalized spacial score (nSPS) is 12.0. The smallest absolute Gasteiger partial charge is 0.171 e. The Kier molecular flexibility index (Phi) is 8.12. The van der Waals surface area contributed by atoms with Crippen LogP contribution in [-0.4, -0.2) is 44.4 Å². The number of aliphatic hydroxyl groups excluding tert-OH is 1. The van der Waals surface area contributed by atoms with E-state index in [-0.39, 0.29) is 24.5 Å². The van der Waals surface area contributed by atoms with Crippen LogP contribution in [0.2, 0.25) is 5.02 Å². The van der Waals surface area contributed by atoms with E-state index >= 15 is 0 Å². The second kappa shape index (κ2) is 9.60. The predicted molar refractivity (Wildman–Crippen MR) is 80.6 cm³/mol. The molecule has 0 aliphatic heterocycles. The van der Waals surface area contributed by atoms with Gasteiger partial charge in [0.25, 0.3) is 0 Å². The fraction of sp³-hybridized carbons (Fsp3) is 0.533. The molecule has 0 aromatic heterocycles. The molecule has 1 aromatic rings. The highest BCUT2D eigenvalue weighted by Gasteiger charge is 2.14. The van der Waals surface area contributed by atoms with Crippen molar-refractivity contribution >= 4 is 17.9 Å². The van der Waals surface area contributed by atoms with Crippen molar-refractivity contribution in [2.75, 3.05) is 26.9 Å². The molecule has 0 heterocycles. The summed E-state index contributed by atoms with van der Waals surface area (Å²) in [4.78, 5) is 11.1. The molecule has 1 aromatic carbocycles. The molecule has 0 radical (unpaired) electrons. The maximum Gasteiger partial charge on any atom is 0.171 e. The number of carbonyl (C=O) groups is 1. The molecule has 6 heteroatoms. The van der Waals surface area contributed by atoms with Gasteiger partial charge in [0.15, 0.2) is 17.8 Å². The summed E-state index contributed by atoms with van der Waals surface area (Å²) in [5, 5.41) is 10.2. The zero-order valence-electron chi connectivity index (χ0n) is 12.3. The Morgan fingerprint density at radius 3 is 2.76 bits per heavy atom. The van der Waals surface area contributed by atoms with Gasteiger partial charge in [-0.15, -0.1) is 0 Å². The molecule has 1 N–H and O–H groups in total. The Labute approximate surface area is 129 Å². The molecule has 5 nitrogen and oxygen atoms in total. The van der Waals surface area contributed by atoms with Crippen LogP contribution >= 0.6 is 11.6 Å². The molecular formula is C15H21ClO5. The standard InChI is InChI=1S/C15H21ClO5/c1-3-4-5-20-9-13(18)10-21-15-11(8-17)6-12(16)7-14(15)19-2/h6-8,13,18H,3-5,9-10H2,1-2H3. The Hall–Kier alpha value is -1.30. The van der Waals surface area contributed by atoms with E-state index in [0.29, 0.717) is 23.7 Å². The Balaban J connectivity index is 2.59. The first-order valence-corrected chi connectivity index (χ1v) is 7.21. The largest absolute Gasteiger partial charge is 0.493 e. The number of hydrogen-bond acceptors (Lipinski definition) is 5. The maximum atomic E-state index is 11.1. The van der Waals surface area contributed by atoms with Crippen LogP contribution in [0.1, 0.15) is 30.1 Å². The van der Waals surface area contributed by atoms with Crippen LogP contribution in [0, 0.1) is 0 Å². The molecule has 1 atom stereocenters. The summed E-state index contributed by atoms with van der Waals surface area (Å²) in [6.45, 7) is 2.87. The van der Waals surface area contributed by atoms with Crippen LogP contribution in [0.15, 0.2) is 12.1 Å². The van der Waals surface area contributed by atoms with Crippen LogP contribution in [0.3, 0.4) is 0 Å². The molecule has 118 valence electrons. The average molecular weight is 317 g/mol. The third-order valence-electron chi connectivity index (χ3n) is 2.77. The van der Waals surface area contributed by atoms with Gasteiger partial charge in [0.2, 0.25) is 0 Å².